The van der Waals surface area contributed by atoms with Gasteiger partial charge in [0.25, 0.3) is 11.5 Å². The average molecular weight is 403 g/mol. The van der Waals surface area contributed by atoms with E-state index >= 15 is 0 Å². The molecule has 8 heteroatoms. The van der Waals surface area contributed by atoms with E-state index in [1.165, 1.54) is 11.6 Å². The Morgan fingerprint density at radius 1 is 1.00 bits per heavy atom. The smallest absolute Gasteiger partial charge is 0.332 e. The van der Waals surface area contributed by atoms with Gasteiger partial charge in [-0.15, -0.1) is 0 Å². The van der Waals surface area contributed by atoms with Crippen LogP contribution in [0.2, 0.25) is 0 Å². The number of carbonyl (C=O) groups is 1. The maximum Gasteiger partial charge on any atom is 0.332 e. The van der Waals surface area contributed by atoms with Crippen molar-refractivity contribution in [2.24, 2.45) is 14.1 Å². The lowest BCUT2D eigenvalue weighted by Gasteiger charge is -2.13. The normalized spacial score (nSPS) is 11.0. The zero-order valence-corrected chi connectivity index (χ0v) is 16.7. The van der Waals surface area contributed by atoms with Crippen LogP contribution < -0.4 is 16.6 Å². The van der Waals surface area contributed by atoms with Gasteiger partial charge in [-0.25, -0.2) is 4.79 Å². The molecule has 4 aromatic rings. The topological polar surface area (TPSA) is 90.9 Å². The van der Waals surface area contributed by atoms with Gasteiger partial charge in [-0.1, -0.05) is 36.4 Å². The van der Waals surface area contributed by atoms with Crippen LogP contribution >= 0.6 is 0 Å². The number of pyridine rings is 1. The summed E-state index contributed by atoms with van der Waals surface area (Å²) in [7, 11) is 3.03. The van der Waals surface area contributed by atoms with Gasteiger partial charge in [0.2, 0.25) is 0 Å². The van der Waals surface area contributed by atoms with Crippen molar-refractivity contribution < 1.29 is 4.79 Å². The van der Waals surface area contributed by atoms with Crippen molar-refractivity contribution in [2.75, 3.05) is 0 Å². The SMILES string of the molecule is Cn1c(=O)c2cc(C(=O)NCc3ccccn3)n(Cc3ccccc3)c2n(C)c1=O. The second-order valence-electron chi connectivity index (χ2n) is 7.05. The highest BCUT2D eigenvalue weighted by Crippen LogP contribution is 2.18. The largest absolute Gasteiger partial charge is 0.345 e. The van der Waals surface area contributed by atoms with E-state index in [2.05, 4.69) is 10.3 Å². The van der Waals surface area contributed by atoms with Crippen LogP contribution in [0.15, 0.2) is 70.4 Å². The van der Waals surface area contributed by atoms with Gasteiger partial charge in [0.05, 0.1) is 17.6 Å². The monoisotopic (exact) mass is 403 g/mol. The van der Waals surface area contributed by atoms with Gasteiger partial charge in [-0.3, -0.25) is 23.7 Å². The van der Waals surface area contributed by atoms with Gasteiger partial charge in [-0.2, -0.15) is 0 Å². The highest BCUT2D eigenvalue weighted by atomic mass is 16.2. The summed E-state index contributed by atoms with van der Waals surface area (Å²) >= 11 is 0. The second kappa shape index (κ2) is 7.82. The molecule has 0 atom stereocenters. The van der Waals surface area contributed by atoms with E-state index in [-0.39, 0.29) is 12.5 Å². The molecular weight excluding hydrogens is 382 g/mol. The molecule has 0 fully saturated rings. The maximum absolute atomic E-state index is 13.0. The first-order chi connectivity index (χ1) is 14.5. The van der Waals surface area contributed by atoms with Crippen molar-refractivity contribution in [3.05, 3.63) is 98.6 Å². The summed E-state index contributed by atoms with van der Waals surface area (Å²) in [5.41, 5.74) is 1.51. The predicted molar refractivity (Wildman–Crippen MR) is 113 cm³/mol. The lowest BCUT2D eigenvalue weighted by atomic mass is 10.2. The fourth-order valence-electron chi connectivity index (χ4n) is 3.52. The summed E-state index contributed by atoms with van der Waals surface area (Å²) in [6.07, 6.45) is 1.66. The van der Waals surface area contributed by atoms with Crippen LogP contribution in [-0.4, -0.2) is 24.6 Å². The second-order valence-corrected chi connectivity index (χ2v) is 7.05. The third kappa shape index (κ3) is 3.43. The molecule has 1 aromatic carbocycles. The number of aromatic nitrogens is 4. The van der Waals surface area contributed by atoms with Crippen molar-refractivity contribution in [3.63, 3.8) is 0 Å². The van der Waals surface area contributed by atoms with Gasteiger partial charge in [0, 0.05) is 26.8 Å². The van der Waals surface area contributed by atoms with E-state index in [4.69, 9.17) is 0 Å². The van der Waals surface area contributed by atoms with Gasteiger partial charge < -0.3 is 9.88 Å². The molecule has 0 aliphatic heterocycles. The van der Waals surface area contributed by atoms with Crippen LogP contribution in [0.5, 0.6) is 0 Å². The maximum atomic E-state index is 13.0. The molecule has 1 N–H and O–H groups in total. The van der Waals surface area contributed by atoms with Gasteiger partial charge >= 0.3 is 5.69 Å². The lowest BCUT2D eigenvalue weighted by molar-refractivity contribution is 0.0942. The number of hydrogen-bond donors (Lipinski definition) is 1. The van der Waals surface area contributed by atoms with Crippen LogP contribution in [0.4, 0.5) is 0 Å². The fourth-order valence-corrected chi connectivity index (χ4v) is 3.52. The minimum absolute atomic E-state index is 0.253. The van der Waals surface area contributed by atoms with E-state index in [1.807, 2.05) is 42.5 Å². The third-order valence-electron chi connectivity index (χ3n) is 5.07. The Kier molecular flexibility index (Phi) is 5.05. The van der Waals surface area contributed by atoms with Crippen molar-refractivity contribution >= 4 is 16.9 Å². The van der Waals surface area contributed by atoms with Crippen molar-refractivity contribution in [1.82, 2.24) is 24.0 Å². The van der Waals surface area contributed by atoms with Crippen LogP contribution in [-0.2, 0) is 27.2 Å². The molecular formula is C22H21N5O3. The number of fused-ring (bicyclic) bond motifs is 1. The molecule has 0 radical (unpaired) electrons. The standard InChI is InChI=1S/C22H21N5O3/c1-25-20-17(21(29)26(2)22(25)30)12-18(27(20)14-15-8-4-3-5-9-15)19(28)24-13-16-10-6-7-11-23-16/h3-12H,13-14H2,1-2H3,(H,24,28). The zero-order valence-electron chi connectivity index (χ0n) is 16.7. The first-order valence-corrected chi connectivity index (χ1v) is 9.48. The van der Waals surface area contributed by atoms with Crippen LogP contribution in [0.1, 0.15) is 21.7 Å². The molecule has 0 aliphatic carbocycles. The van der Waals surface area contributed by atoms with E-state index in [0.29, 0.717) is 23.3 Å². The summed E-state index contributed by atoms with van der Waals surface area (Å²) in [5, 5.41) is 3.17. The summed E-state index contributed by atoms with van der Waals surface area (Å²) in [4.78, 5) is 42.5. The molecule has 8 nitrogen and oxygen atoms in total. The number of hydrogen-bond acceptors (Lipinski definition) is 4. The Morgan fingerprint density at radius 3 is 2.43 bits per heavy atom. The van der Waals surface area contributed by atoms with Crippen LogP contribution in [0.3, 0.4) is 0 Å². The Bertz CT molecular complexity index is 1330. The highest BCUT2D eigenvalue weighted by molar-refractivity contribution is 5.97. The number of rotatable bonds is 5. The highest BCUT2D eigenvalue weighted by Gasteiger charge is 2.21. The molecule has 3 heterocycles. The van der Waals surface area contributed by atoms with Crippen molar-refractivity contribution in [3.8, 4) is 0 Å². The summed E-state index contributed by atoms with van der Waals surface area (Å²) < 4.78 is 4.15. The Hall–Kier alpha value is -3.94. The van der Waals surface area contributed by atoms with E-state index in [9.17, 15) is 14.4 Å². The first-order valence-electron chi connectivity index (χ1n) is 9.48. The molecule has 4 rings (SSSR count). The minimum atomic E-state index is -0.444. The van der Waals surface area contributed by atoms with E-state index in [1.54, 1.807) is 29.9 Å². The molecule has 30 heavy (non-hydrogen) atoms. The van der Waals surface area contributed by atoms with E-state index < -0.39 is 11.2 Å². The van der Waals surface area contributed by atoms with Gasteiger partial charge in [-0.05, 0) is 23.8 Å². The predicted octanol–water partition coefficient (Wildman–Crippen LogP) is 1.41. The molecule has 1 amide bonds. The minimum Gasteiger partial charge on any atom is -0.345 e. The number of carbonyl (C=O) groups excluding carboxylic acids is 1. The molecule has 0 spiro atoms. The Labute approximate surface area is 172 Å². The molecule has 0 bridgehead atoms. The van der Waals surface area contributed by atoms with E-state index in [0.717, 1.165) is 15.8 Å². The Balaban J connectivity index is 1.83. The number of nitrogens with one attached hydrogen (secondary N) is 1. The number of aryl methyl sites for hydroxylation is 1. The van der Waals surface area contributed by atoms with Gasteiger partial charge in [0.1, 0.15) is 11.3 Å². The molecule has 3 aromatic heterocycles. The van der Waals surface area contributed by atoms with Crippen molar-refractivity contribution in [2.45, 2.75) is 13.1 Å². The van der Waals surface area contributed by atoms with Gasteiger partial charge in [0.15, 0.2) is 0 Å². The Morgan fingerprint density at radius 2 is 1.73 bits per heavy atom. The molecule has 0 unspecified atom stereocenters. The quantitative estimate of drug-likeness (QED) is 0.546. The molecule has 0 aliphatic rings. The molecule has 0 saturated carbocycles. The summed E-state index contributed by atoms with van der Waals surface area (Å²) in [6.45, 7) is 0.598. The zero-order chi connectivity index (χ0) is 21.3. The first kappa shape index (κ1) is 19.4. The third-order valence-corrected chi connectivity index (χ3v) is 5.07. The van der Waals surface area contributed by atoms with Crippen molar-refractivity contribution in [1.29, 1.82) is 0 Å². The van der Waals surface area contributed by atoms with Crippen LogP contribution in [0, 0.1) is 0 Å². The number of amides is 1. The summed E-state index contributed by atoms with van der Waals surface area (Å²) in [5.74, 6) is -0.345. The average Bonchev–Trinajstić information content (AvgIpc) is 3.15. The number of nitrogens with zero attached hydrogens (tertiary/aromatic N) is 4. The molecule has 152 valence electrons. The number of benzene rings is 1. The fraction of sp³-hybridized carbons (Fsp3) is 0.182. The van der Waals surface area contributed by atoms with Crippen LogP contribution in [0.25, 0.3) is 11.0 Å². The summed E-state index contributed by atoms with van der Waals surface area (Å²) in [6, 6.07) is 16.6. The lowest BCUT2D eigenvalue weighted by Crippen LogP contribution is -2.37. The molecule has 0 saturated heterocycles.